The van der Waals surface area contributed by atoms with E-state index in [0.29, 0.717) is 18.9 Å². The third kappa shape index (κ3) is 8.77. The van der Waals surface area contributed by atoms with E-state index < -0.39 is 31.4 Å². The van der Waals surface area contributed by atoms with E-state index in [0.717, 1.165) is 17.3 Å². The molecule has 8 nitrogen and oxygen atoms in total. The molecule has 0 aliphatic rings. The van der Waals surface area contributed by atoms with Crippen molar-refractivity contribution in [2.45, 2.75) is 84.3 Å². The van der Waals surface area contributed by atoms with Crippen molar-refractivity contribution in [2.24, 2.45) is 0 Å². The standard InChI is InChI=1S/C29H40ClFN4O4Si/c1-27(2,3)39-26(36)33-29(7,19-37-40(8,9)28(4,5)6)18-35-15-14-24(34-35)20-10-12-22(13-11-20)38-25-23(31)16-21(30)17-32-25/h10-17H,18-19H2,1-9H3,(H,33,36)/t29-/m1/s1. The summed E-state index contributed by atoms with van der Waals surface area (Å²) in [5.41, 5.74) is 0.159. The zero-order valence-electron chi connectivity index (χ0n) is 24.8. The Labute approximate surface area is 242 Å². The number of pyridine rings is 1. The van der Waals surface area contributed by atoms with Gasteiger partial charge in [-0.05, 0) is 82.2 Å². The van der Waals surface area contributed by atoms with Crippen molar-refractivity contribution in [1.29, 1.82) is 0 Å². The van der Waals surface area contributed by atoms with E-state index in [9.17, 15) is 9.18 Å². The predicted octanol–water partition coefficient (Wildman–Crippen LogP) is 7.84. The molecule has 0 spiro atoms. The lowest BCUT2D eigenvalue weighted by molar-refractivity contribution is 0.0400. The molecule has 0 fully saturated rings. The van der Waals surface area contributed by atoms with E-state index in [1.54, 1.807) is 16.8 Å². The van der Waals surface area contributed by atoms with Gasteiger partial charge in [0.15, 0.2) is 14.1 Å². The Morgan fingerprint density at radius 3 is 2.30 bits per heavy atom. The summed E-state index contributed by atoms with van der Waals surface area (Å²) in [5.74, 6) is -0.372. The van der Waals surface area contributed by atoms with Crippen molar-refractivity contribution >= 4 is 26.0 Å². The van der Waals surface area contributed by atoms with Gasteiger partial charge in [-0.1, -0.05) is 32.4 Å². The van der Waals surface area contributed by atoms with Gasteiger partial charge < -0.3 is 19.2 Å². The first-order valence-electron chi connectivity index (χ1n) is 13.1. The van der Waals surface area contributed by atoms with Crippen LogP contribution in [0, 0.1) is 5.82 Å². The number of nitrogens with zero attached hydrogens (tertiary/aromatic N) is 3. The van der Waals surface area contributed by atoms with Crippen LogP contribution in [0.3, 0.4) is 0 Å². The molecule has 1 N–H and O–H groups in total. The summed E-state index contributed by atoms with van der Waals surface area (Å²) >= 11 is 5.76. The Hall–Kier alpha value is -2.95. The molecule has 3 rings (SSSR count). The monoisotopic (exact) mass is 590 g/mol. The smallest absolute Gasteiger partial charge is 0.408 e. The van der Waals surface area contributed by atoms with Crippen LogP contribution >= 0.6 is 11.6 Å². The van der Waals surface area contributed by atoms with Crippen molar-refractivity contribution in [3.05, 3.63) is 59.6 Å². The van der Waals surface area contributed by atoms with Crippen molar-refractivity contribution in [3.63, 3.8) is 0 Å². The summed E-state index contributed by atoms with van der Waals surface area (Å²) in [6.07, 6.45) is 2.67. The maximum absolute atomic E-state index is 14.0. The molecular formula is C29H40ClFN4O4Si. The minimum absolute atomic E-state index is 0.0178. The van der Waals surface area contributed by atoms with Crippen LogP contribution in [-0.4, -0.2) is 46.9 Å². The highest BCUT2D eigenvalue weighted by atomic mass is 35.5. The van der Waals surface area contributed by atoms with Gasteiger partial charge in [-0.25, -0.2) is 14.2 Å². The van der Waals surface area contributed by atoms with Gasteiger partial charge in [0.1, 0.15) is 11.4 Å². The molecule has 218 valence electrons. The van der Waals surface area contributed by atoms with Gasteiger partial charge in [0.25, 0.3) is 5.88 Å². The molecule has 2 heterocycles. The van der Waals surface area contributed by atoms with Gasteiger partial charge in [-0.2, -0.15) is 5.10 Å². The fraction of sp³-hybridized carbons (Fsp3) is 0.483. The van der Waals surface area contributed by atoms with Gasteiger partial charge in [0.2, 0.25) is 0 Å². The minimum Gasteiger partial charge on any atom is -0.444 e. The van der Waals surface area contributed by atoms with Crippen molar-refractivity contribution < 1.29 is 23.1 Å². The summed E-state index contributed by atoms with van der Waals surface area (Å²) in [7, 11) is -2.09. The number of carbonyl (C=O) groups excluding carboxylic acids is 1. The molecule has 0 saturated heterocycles. The largest absolute Gasteiger partial charge is 0.444 e. The highest BCUT2D eigenvalue weighted by Crippen LogP contribution is 2.37. The lowest BCUT2D eigenvalue weighted by atomic mass is 10.0. The second-order valence-corrected chi connectivity index (χ2v) is 17.9. The van der Waals surface area contributed by atoms with Crippen LogP contribution in [0.4, 0.5) is 9.18 Å². The van der Waals surface area contributed by atoms with E-state index in [1.165, 1.54) is 6.20 Å². The van der Waals surface area contributed by atoms with Crippen LogP contribution in [0.5, 0.6) is 11.6 Å². The molecule has 0 bridgehead atoms. The molecule has 0 aliphatic carbocycles. The number of halogens is 2. The average Bonchev–Trinajstić information content (AvgIpc) is 3.26. The van der Waals surface area contributed by atoms with E-state index in [4.69, 9.17) is 30.6 Å². The summed E-state index contributed by atoms with van der Waals surface area (Å²) in [6.45, 7) is 19.0. The Morgan fingerprint density at radius 2 is 1.73 bits per heavy atom. The lowest BCUT2D eigenvalue weighted by Crippen LogP contribution is -2.56. The second kappa shape index (κ2) is 11.9. The van der Waals surface area contributed by atoms with Gasteiger partial charge in [-0.15, -0.1) is 0 Å². The Balaban J connectivity index is 1.76. The second-order valence-electron chi connectivity index (χ2n) is 12.7. The van der Waals surface area contributed by atoms with Crippen LogP contribution in [0.25, 0.3) is 11.3 Å². The summed E-state index contributed by atoms with van der Waals surface area (Å²) < 4.78 is 33.4. The lowest BCUT2D eigenvalue weighted by Gasteiger charge is -2.40. The zero-order valence-corrected chi connectivity index (χ0v) is 26.5. The number of hydrogen-bond donors (Lipinski definition) is 1. The van der Waals surface area contributed by atoms with Crippen LogP contribution < -0.4 is 10.1 Å². The van der Waals surface area contributed by atoms with Gasteiger partial charge in [0.05, 0.1) is 29.4 Å². The van der Waals surface area contributed by atoms with E-state index in [-0.39, 0.29) is 15.9 Å². The number of carbonyl (C=O) groups is 1. The number of nitrogens with one attached hydrogen (secondary N) is 1. The number of benzene rings is 1. The molecule has 2 aromatic heterocycles. The van der Waals surface area contributed by atoms with Gasteiger partial charge in [-0.3, -0.25) is 4.68 Å². The number of aromatic nitrogens is 3. The van der Waals surface area contributed by atoms with Crippen LogP contribution in [0.1, 0.15) is 48.5 Å². The summed E-state index contributed by atoms with van der Waals surface area (Å²) in [4.78, 5) is 16.6. The zero-order chi connectivity index (χ0) is 29.9. The Kier molecular flexibility index (Phi) is 9.38. The average molecular weight is 591 g/mol. The highest BCUT2D eigenvalue weighted by molar-refractivity contribution is 6.74. The van der Waals surface area contributed by atoms with Crippen LogP contribution in [0.15, 0.2) is 48.8 Å². The van der Waals surface area contributed by atoms with Crippen molar-refractivity contribution in [1.82, 2.24) is 20.1 Å². The molecule has 0 aliphatic heterocycles. The molecule has 1 aromatic carbocycles. The summed E-state index contributed by atoms with van der Waals surface area (Å²) in [5, 5.41) is 7.97. The molecule has 11 heteroatoms. The van der Waals surface area contributed by atoms with Gasteiger partial charge in [0, 0.05) is 18.0 Å². The van der Waals surface area contributed by atoms with Crippen LogP contribution in [0.2, 0.25) is 23.2 Å². The Bertz CT molecular complexity index is 1320. The number of hydrogen-bond acceptors (Lipinski definition) is 6. The first-order valence-corrected chi connectivity index (χ1v) is 16.4. The molecule has 1 atom stereocenters. The fourth-order valence-corrected chi connectivity index (χ4v) is 4.73. The molecule has 0 unspecified atom stereocenters. The number of alkyl carbamates (subject to hydrolysis) is 1. The molecular weight excluding hydrogens is 551 g/mol. The first kappa shape index (κ1) is 31.6. The minimum atomic E-state index is -2.09. The first-order chi connectivity index (χ1) is 18.4. The SMILES string of the molecule is CC(C)(C)OC(=O)N[C@@](C)(CO[Si](C)(C)C(C)(C)C)Cn1ccc(-c2ccc(Oc3ncc(Cl)cc3F)cc2)n1. The van der Waals surface area contributed by atoms with E-state index in [1.807, 2.05) is 52.1 Å². The molecule has 1 amide bonds. The maximum atomic E-state index is 14.0. The summed E-state index contributed by atoms with van der Waals surface area (Å²) in [6, 6.07) is 10.1. The molecule has 40 heavy (non-hydrogen) atoms. The fourth-order valence-electron chi connectivity index (χ4n) is 3.47. The van der Waals surface area contributed by atoms with Crippen molar-refractivity contribution in [3.8, 4) is 22.9 Å². The van der Waals surface area contributed by atoms with E-state index >= 15 is 0 Å². The third-order valence-corrected chi connectivity index (χ3v) is 11.3. The van der Waals surface area contributed by atoms with Crippen molar-refractivity contribution in [2.75, 3.05) is 6.61 Å². The third-order valence-electron chi connectivity index (χ3n) is 6.65. The molecule has 0 radical (unpaired) electrons. The molecule has 3 aromatic rings. The normalized spacial score (nSPS) is 14.0. The van der Waals surface area contributed by atoms with Crippen LogP contribution in [-0.2, 0) is 15.7 Å². The highest BCUT2D eigenvalue weighted by Gasteiger charge is 2.40. The topological polar surface area (TPSA) is 87.5 Å². The van der Waals surface area contributed by atoms with Gasteiger partial charge >= 0.3 is 6.09 Å². The van der Waals surface area contributed by atoms with E-state index in [2.05, 4.69) is 44.2 Å². The quantitative estimate of drug-likeness (QED) is 0.255. The Morgan fingerprint density at radius 1 is 1.07 bits per heavy atom. The number of amides is 1. The predicted molar refractivity (Wildman–Crippen MR) is 158 cm³/mol. The number of ether oxygens (including phenoxy) is 2. The molecule has 0 saturated carbocycles. The maximum Gasteiger partial charge on any atom is 0.408 e. The number of rotatable bonds is 9.